The zero-order chi connectivity index (χ0) is 11.1. The van der Waals surface area contributed by atoms with Crippen molar-refractivity contribution >= 4 is 19.6 Å². The molecule has 0 saturated carbocycles. The lowest BCUT2D eigenvalue weighted by Gasteiger charge is -2.01. The Morgan fingerprint density at radius 3 is 2.29 bits per heavy atom. The Morgan fingerprint density at radius 1 is 1.29 bits per heavy atom. The van der Waals surface area contributed by atoms with Crippen LogP contribution in [0.4, 0.5) is 8.78 Å². The number of esters is 1. The molecule has 0 rings (SSSR count). The Morgan fingerprint density at radius 2 is 1.86 bits per heavy atom. The molecule has 0 aromatic heterocycles. The topological polar surface area (TPSA) is 43.4 Å². The smallest absolute Gasteiger partial charge is 0.313 e. The maximum atomic E-state index is 12.6. The van der Waals surface area contributed by atoms with Crippen molar-refractivity contribution in [3.05, 3.63) is 11.7 Å². The Hall–Kier alpha value is -1.20. The molecule has 0 saturated heterocycles. The molecule has 0 unspecified atom stereocenters. The van der Waals surface area contributed by atoms with Crippen LogP contribution in [0.15, 0.2) is 11.7 Å². The van der Waals surface area contributed by atoms with Crippen LogP contribution in [0.1, 0.15) is 13.3 Å². The monoisotopic (exact) mass is 204 g/mol. The minimum atomic E-state index is -1.11. The van der Waals surface area contributed by atoms with E-state index in [2.05, 4.69) is 4.74 Å². The second kappa shape index (κ2) is 6.29. The van der Waals surface area contributed by atoms with Crippen molar-refractivity contribution in [1.29, 1.82) is 0 Å². The number of halogens is 2. The molecule has 0 aliphatic heterocycles. The number of hydrogen-bond donors (Lipinski definition) is 0. The molecule has 78 valence electrons. The summed E-state index contributed by atoms with van der Waals surface area (Å²) < 4.78 is 29.4. The molecular weight excluding hydrogens is 193 g/mol. The van der Waals surface area contributed by atoms with Crippen LogP contribution >= 0.6 is 0 Å². The van der Waals surface area contributed by atoms with E-state index in [1.807, 2.05) is 0 Å². The summed E-state index contributed by atoms with van der Waals surface area (Å²) in [6, 6.07) is 0. The highest BCUT2D eigenvalue weighted by Gasteiger charge is 2.10. The third-order valence-corrected chi connectivity index (χ3v) is 1.36. The first-order chi connectivity index (χ1) is 6.47. The van der Waals surface area contributed by atoms with E-state index in [1.165, 1.54) is 14.8 Å². The normalized spacial score (nSPS) is 11.9. The van der Waals surface area contributed by atoms with Gasteiger partial charge in [-0.3, -0.25) is 9.59 Å². The van der Waals surface area contributed by atoms with E-state index < -0.39 is 30.7 Å². The summed E-state index contributed by atoms with van der Waals surface area (Å²) in [4.78, 5) is 21.1. The number of Topliss-reactive ketones (excluding diaryl/α,β-unsaturated/α-hetero) is 1. The molecule has 14 heavy (non-hydrogen) atoms. The van der Waals surface area contributed by atoms with Gasteiger partial charge in [-0.25, -0.2) is 8.78 Å². The van der Waals surface area contributed by atoms with Crippen molar-refractivity contribution in [2.45, 2.75) is 19.7 Å². The first-order valence-electron chi connectivity index (χ1n) is 4.15. The summed E-state index contributed by atoms with van der Waals surface area (Å²) in [5, 5.41) is 0. The molecule has 3 nitrogen and oxygen atoms in total. The van der Waals surface area contributed by atoms with Crippen LogP contribution in [-0.2, 0) is 14.3 Å². The molecule has 0 radical (unpaired) electrons. The Labute approximate surface area is 81.5 Å². The van der Waals surface area contributed by atoms with Crippen LogP contribution in [-0.4, -0.2) is 26.2 Å². The summed E-state index contributed by atoms with van der Waals surface area (Å²) in [5.41, 5.74) is 0. The lowest BCUT2D eigenvalue weighted by molar-refractivity contribution is -0.145. The molecule has 0 bridgehead atoms. The Balaban J connectivity index is 3.95. The molecule has 0 fully saturated rings. The molecule has 6 heteroatoms. The van der Waals surface area contributed by atoms with Gasteiger partial charge in [0.1, 0.15) is 32.5 Å². The molecule has 0 aliphatic rings. The number of ketones is 1. The van der Waals surface area contributed by atoms with E-state index in [0.717, 1.165) is 0 Å². The van der Waals surface area contributed by atoms with Gasteiger partial charge >= 0.3 is 5.97 Å². The van der Waals surface area contributed by atoms with E-state index in [4.69, 9.17) is 0 Å². The molecule has 0 amide bonds. The zero-order valence-electron chi connectivity index (χ0n) is 8.10. The first-order valence-corrected chi connectivity index (χ1v) is 4.15. The van der Waals surface area contributed by atoms with Crippen molar-refractivity contribution in [3.8, 4) is 0 Å². The second-order valence-corrected chi connectivity index (χ2v) is 2.70. The molecule has 0 spiro atoms. The summed E-state index contributed by atoms with van der Waals surface area (Å²) in [6.07, 6.45) is -0.503. The fraction of sp³-hybridized carbons (Fsp3) is 0.500. The van der Waals surface area contributed by atoms with Crippen LogP contribution in [0.5, 0.6) is 0 Å². The highest BCUT2D eigenvalue weighted by Crippen LogP contribution is 2.11. The maximum Gasteiger partial charge on any atom is 0.313 e. The minimum Gasteiger partial charge on any atom is -0.458 e. The summed E-state index contributed by atoms with van der Waals surface area (Å²) >= 11 is 0. The third-order valence-electron chi connectivity index (χ3n) is 1.36. The van der Waals surface area contributed by atoms with Crippen molar-refractivity contribution in [2.75, 3.05) is 6.61 Å². The van der Waals surface area contributed by atoms with E-state index in [9.17, 15) is 18.4 Å². The van der Waals surface area contributed by atoms with Crippen molar-refractivity contribution in [3.63, 3.8) is 0 Å². The number of ether oxygens (including phenoxy) is 1. The van der Waals surface area contributed by atoms with Gasteiger partial charge in [0.05, 0.1) is 0 Å². The molecule has 0 heterocycles. The van der Waals surface area contributed by atoms with Gasteiger partial charge in [-0.1, -0.05) is 0 Å². The third kappa shape index (κ3) is 5.45. The number of rotatable bonds is 5. The van der Waals surface area contributed by atoms with Gasteiger partial charge < -0.3 is 4.74 Å². The van der Waals surface area contributed by atoms with Gasteiger partial charge in [-0.2, -0.15) is 0 Å². The van der Waals surface area contributed by atoms with E-state index >= 15 is 0 Å². The first kappa shape index (κ1) is 12.8. The summed E-state index contributed by atoms with van der Waals surface area (Å²) in [7, 11) is 1.44. The fourth-order valence-electron chi connectivity index (χ4n) is 0.668. The molecule has 0 aromatic carbocycles. The van der Waals surface area contributed by atoms with Crippen molar-refractivity contribution < 1.29 is 23.1 Å². The fourth-order valence-corrected chi connectivity index (χ4v) is 0.668. The van der Waals surface area contributed by atoms with Gasteiger partial charge in [-0.15, -0.1) is 0 Å². The number of carbonyl (C=O) groups is 2. The van der Waals surface area contributed by atoms with Crippen LogP contribution in [0.2, 0.25) is 6.32 Å². The van der Waals surface area contributed by atoms with E-state index in [0.29, 0.717) is 0 Å². The van der Waals surface area contributed by atoms with Crippen molar-refractivity contribution in [1.82, 2.24) is 0 Å². The van der Waals surface area contributed by atoms with Gasteiger partial charge in [0.25, 0.3) is 0 Å². The van der Waals surface area contributed by atoms with Crippen molar-refractivity contribution in [2.24, 2.45) is 0 Å². The van der Waals surface area contributed by atoms with Gasteiger partial charge in [0.2, 0.25) is 0 Å². The Bertz CT molecular complexity index is 263. The maximum absolute atomic E-state index is 12.6. The number of allylic oxidation sites excluding steroid dienone is 1. The van der Waals surface area contributed by atoms with Gasteiger partial charge in [0.15, 0.2) is 5.83 Å². The van der Waals surface area contributed by atoms with Crippen LogP contribution in [0, 0.1) is 0 Å². The average Bonchev–Trinajstić information content (AvgIpc) is 2.11. The summed E-state index contributed by atoms with van der Waals surface area (Å²) in [5.74, 6) is -3.28. The van der Waals surface area contributed by atoms with Crippen LogP contribution in [0.3, 0.4) is 0 Å². The van der Waals surface area contributed by atoms with Gasteiger partial charge in [-0.05, 0) is 13.2 Å². The number of carbonyl (C=O) groups excluding carboxylic acids is 2. The number of hydrogen-bond acceptors (Lipinski definition) is 3. The highest BCUT2D eigenvalue weighted by atomic mass is 19.2. The lowest BCUT2D eigenvalue weighted by atomic mass is 10.0. The van der Waals surface area contributed by atoms with E-state index in [-0.39, 0.29) is 12.1 Å². The predicted molar refractivity (Wildman–Crippen MR) is 48.9 cm³/mol. The average molecular weight is 204 g/mol. The molecule has 0 atom stereocenters. The summed E-state index contributed by atoms with van der Waals surface area (Å²) in [6.45, 7) is 0.464. The molecule has 0 aliphatic carbocycles. The highest BCUT2D eigenvalue weighted by molar-refractivity contribution is 6.10. The molecule has 0 aromatic rings. The lowest BCUT2D eigenvalue weighted by Crippen LogP contribution is -2.10. The second-order valence-electron chi connectivity index (χ2n) is 2.70. The zero-order valence-corrected chi connectivity index (χ0v) is 8.10. The van der Waals surface area contributed by atoms with Gasteiger partial charge in [0, 0.05) is 0 Å². The predicted octanol–water partition coefficient (Wildman–Crippen LogP) is 0.711. The standard InChI is InChI=1S/C8H11BF2O3/c1-5(12)2-8(13)14-4-7(11)6(10)3-9/h2-4,9H2,1H3. The van der Waals surface area contributed by atoms with Crippen LogP contribution < -0.4 is 0 Å². The molecule has 0 N–H and O–H groups in total. The van der Waals surface area contributed by atoms with E-state index in [1.54, 1.807) is 0 Å². The largest absolute Gasteiger partial charge is 0.458 e. The SMILES string of the molecule is BCC(F)=C(F)COC(=O)CC(C)=O. The quantitative estimate of drug-likeness (QED) is 0.376. The minimum absolute atomic E-state index is 0.0872. The van der Waals surface area contributed by atoms with Crippen LogP contribution in [0.25, 0.3) is 0 Å². The molecular formula is C8H11BF2O3. The Kier molecular flexibility index (Phi) is 5.75.